The van der Waals surface area contributed by atoms with Gasteiger partial charge in [0.1, 0.15) is 12.1 Å². The topological polar surface area (TPSA) is 179 Å². The normalized spacial score (nSPS) is 36.0. The van der Waals surface area contributed by atoms with Gasteiger partial charge in [0.2, 0.25) is 11.8 Å². The molecule has 5 unspecified atom stereocenters. The van der Waals surface area contributed by atoms with Crippen molar-refractivity contribution >= 4 is 29.7 Å². The minimum Gasteiger partial charge on any atom is -0.481 e. The number of carboxylic acid groups (broad SMARTS) is 2. The van der Waals surface area contributed by atoms with Crippen LogP contribution in [0.4, 0.5) is 0 Å². The van der Waals surface area contributed by atoms with Gasteiger partial charge in [-0.1, -0.05) is 93.2 Å². The van der Waals surface area contributed by atoms with Gasteiger partial charge < -0.3 is 30.7 Å². The zero-order valence-electron chi connectivity index (χ0n) is 41.0. The molecule has 11 heteroatoms. The van der Waals surface area contributed by atoms with Gasteiger partial charge in [0, 0.05) is 5.41 Å². The Morgan fingerprint density at radius 2 is 1.51 bits per heavy atom. The fourth-order valence-corrected chi connectivity index (χ4v) is 15.1. The number of aliphatic carboxylic acids is 2. The number of unbranched alkanes of at least 4 members (excludes halogenated alkanes) is 3. The first-order chi connectivity index (χ1) is 29.2. The third-order valence-electron chi connectivity index (χ3n) is 18.8. The van der Waals surface area contributed by atoms with Crippen LogP contribution in [0.1, 0.15) is 192 Å². The third-order valence-corrected chi connectivity index (χ3v) is 18.8. The van der Waals surface area contributed by atoms with Crippen molar-refractivity contribution in [2.45, 2.75) is 216 Å². The number of nitrogens with one attached hydrogen (secondary N) is 2. The van der Waals surface area contributed by atoms with Crippen molar-refractivity contribution in [2.75, 3.05) is 0 Å². The molecule has 0 aliphatic heterocycles. The second-order valence-electron chi connectivity index (χ2n) is 23.8. The second kappa shape index (κ2) is 19.1. The van der Waals surface area contributed by atoms with Gasteiger partial charge in [-0.3, -0.25) is 24.0 Å². The molecule has 0 radical (unpaired) electrons. The maximum atomic E-state index is 15.3. The molecule has 5 aliphatic carbocycles. The van der Waals surface area contributed by atoms with E-state index in [1.54, 1.807) is 13.8 Å². The summed E-state index contributed by atoms with van der Waals surface area (Å²) in [4.78, 5) is 66.1. The van der Waals surface area contributed by atoms with Crippen LogP contribution in [-0.2, 0) is 28.7 Å². The average molecular weight is 883 g/mol. The molecule has 0 saturated heterocycles. The molecule has 0 heterocycles. The highest BCUT2D eigenvalue weighted by molar-refractivity contribution is 5.91. The Hall–Kier alpha value is -2.95. The Labute approximate surface area is 379 Å². The van der Waals surface area contributed by atoms with Crippen LogP contribution in [0.15, 0.2) is 12.2 Å². The van der Waals surface area contributed by atoms with Gasteiger partial charge >= 0.3 is 17.9 Å². The summed E-state index contributed by atoms with van der Waals surface area (Å²) < 4.78 is 6.20. The SMILES string of the molecule is C=C(C)[C@@H]1CC[C@]2(C(=O)NC(CCCCCC)C(=O)N[C@@H](CC(C)C)[C@@H](O)CC(=O)O)CC[C@]3(C)C(CCC4[C@@]5(C)CC[C@H](OC(=O)CC(C)(C)C(=O)O)C(C)(C)C5CC[C@]43C)C12. The van der Waals surface area contributed by atoms with Gasteiger partial charge in [0.25, 0.3) is 0 Å². The summed E-state index contributed by atoms with van der Waals surface area (Å²) in [5, 5.41) is 36.4. The average Bonchev–Trinajstić information content (AvgIpc) is 3.58. The molecule has 11 nitrogen and oxygen atoms in total. The van der Waals surface area contributed by atoms with Crippen molar-refractivity contribution < 1.29 is 44.0 Å². The number of fused-ring (bicyclic) bond motifs is 7. The zero-order valence-corrected chi connectivity index (χ0v) is 41.0. The maximum Gasteiger partial charge on any atom is 0.309 e. The number of amides is 2. The fraction of sp³-hybridized carbons (Fsp3) is 0.865. The van der Waals surface area contributed by atoms with E-state index in [0.29, 0.717) is 30.6 Å². The highest BCUT2D eigenvalue weighted by Crippen LogP contribution is 2.77. The number of carbonyl (C=O) groups excluding carboxylic acids is 3. The predicted molar refractivity (Wildman–Crippen MR) is 245 cm³/mol. The second-order valence-corrected chi connectivity index (χ2v) is 23.8. The summed E-state index contributed by atoms with van der Waals surface area (Å²) in [7, 11) is 0. The molecule has 5 aliphatic rings. The lowest BCUT2D eigenvalue weighted by Gasteiger charge is -2.72. The molecule has 0 aromatic carbocycles. The lowest BCUT2D eigenvalue weighted by Crippen LogP contribution is -2.67. The molecule has 2 amide bonds. The van der Waals surface area contributed by atoms with Crippen LogP contribution in [0.25, 0.3) is 0 Å². The van der Waals surface area contributed by atoms with Crippen LogP contribution < -0.4 is 10.6 Å². The molecule has 5 N–H and O–H groups in total. The van der Waals surface area contributed by atoms with Crippen LogP contribution in [0.2, 0.25) is 0 Å². The molecular formula is C52H86N2O9. The number of carboxylic acids is 2. The minimum atomic E-state index is -1.24. The van der Waals surface area contributed by atoms with E-state index >= 15 is 4.79 Å². The minimum absolute atomic E-state index is 0.0149. The molecule has 5 saturated carbocycles. The monoisotopic (exact) mass is 883 g/mol. The number of hydrogen-bond acceptors (Lipinski definition) is 7. The Morgan fingerprint density at radius 3 is 2.11 bits per heavy atom. The van der Waals surface area contributed by atoms with Crippen molar-refractivity contribution in [1.82, 2.24) is 10.6 Å². The Bertz CT molecular complexity index is 1720. The van der Waals surface area contributed by atoms with Crippen molar-refractivity contribution in [3.8, 4) is 0 Å². The van der Waals surface area contributed by atoms with E-state index in [1.807, 2.05) is 13.8 Å². The number of allylic oxidation sites excluding steroid dienone is 1. The Kier molecular flexibility index (Phi) is 15.5. The standard InChI is InChI=1S/C52H86N2O9/c1-13-14-15-16-17-35(44(59)53-36(28-31(2)3)37(55)29-41(56)57)54-45(60)52-25-20-33(32(4)5)43(52)34-18-19-39-49(10)23-22-40(63-42(58)30-47(6,7)46(61)62)48(8,9)38(49)21-24-51(39,12)50(34,11)26-27-52/h31,33-40,43,55H,4,13-30H2,1-3,5-12H3,(H,53,59)(H,54,60)(H,56,57)(H,61,62)/t33-,34?,35?,36-,37-,38?,39?,40-,43?,49-,50+,51+,52-/m0/s1. The molecule has 13 atom stereocenters. The molecule has 358 valence electrons. The number of ether oxygens (including phenoxy) is 1. The molecule has 5 fully saturated rings. The number of esters is 1. The smallest absolute Gasteiger partial charge is 0.309 e. The lowest BCUT2D eigenvalue weighted by molar-refractivity contribution is -0.249. The molecule has 0 bridgehead atoms. The van der Waals surface area contributed by atoms with Crippen LogP contribution in [0, 0.1) is 68.0 Å². The van der Waals surface area contributed by atoms with Crippen molar-refractivity contribution in [3.05, 3.63) is 12.2 Å². The molecule has 5 rings (SSSR count). The molecule has 63 heavy (non-hydrogen) atoms. The van der Waals surface area contributed by atoms with Crippen LogP contribution in [-0.4, -0.2) is 69.3 Å². The van der Waals surface area contributed by atoms with Crippen LogP contribution >= 0.6 is 0 Å². The van der Waals surface area contributed by atoms with Gasteiger partial charge in [-0.15, -0.1) is 0 Å². The van der Waals surface area contributed by atoms with E-state index in [2.05, 4.69) is 65.7 Å². The summed E-state index contributed by atoms with van der Waals surface area (Å²) in [5.41, 5.74) is -0.988. The zero-order chi connectivity index (χ0) is 47.1. The van der Waals surface area contributed by atoms with Crippen molar-refractivity contribution in [3.63, 3.8) is 0 Å². The van der Waals surface area contributed by atoms with Crippen LogP contribution in [0.5, 0.6) is 0 Å². The molecule has 0 aromatic rings. The summed E-state index contributed by atoms with van der Waals surface area (Å²) in [5.74, 6) is -1.50. The van der Waals surface area contributed by atoms with Crippen molar-refractivity contribution in [2.24, 2.45) is 68.0 Å². The molecule has 0 spiro atoms. The van der Waals surface area contributed by atoms with Crippen LogP contribution in [0.3, 0.4) is 0 Å². The van der Waals surface area contributed by atoms with E-state index in [9.17, 15) is 34.5 Å². The summed E-state index contributed by atoms with van der Waals surface area (Å²) in [6.07, 6.45) is 11.7. The summed E-state index contributed by atoms with van der Waals surface area (Å²) >= 11 is 0. The third kappa shape index (κ3) is 9.66. The highest BCUT2D eigenvalue weighted by Gasteiger charge is 2.72. The van der Waals surface area contributed by atoms with E-state index < -0.39 is 53.3 Å². The number of hydrogen-bond donors (Lipinski definition) is 5. The van der Waals surface area contributed by atoms with E-state index in [0.717, 1.165) is 95.5 Å². The van der Waals surface area contributed by atoms with Crippen molar-refractivity contribution in [1.29, 1.82) is 0 Å². The number of aliphatic hydroxyl groups excluding tert-OH is 1. The molecule has 0 aromatic heterocycles. The number of carbonyl (C=O) groups is 5. The first-order valence-electron chi connectivity index (χ1n) is 24.8. The largest absolute Gasteiger partial charge is 0.481 e. The van der Waals surface area contributed by atoms with E-state index in [-0.39, 0.29) is 63.8 Å². The Balaban J connectivity index is 1.41. The van der Waals surface area contributed by atoms with E-state index in [4.69, 9.17) is 4.74 Å². The fourth-order valence-electron chi connectivity index (χ4n) is 15.1. The lowest BCUT2D eigenvalue weighted by atomic mass is 9.32. The highest BCUT2D eigenvalue weighted by atomic mass is 16.5. The maximum absolute atomic E-state index is 15.3. The number of rotatable bonds is 19. The van der Waals surface area contributed by atoms with Gasteiger partial charge in [-0.05, 0) is 150 Å². The quantitative estimate of drug-likeness (QED) is 0.0480. The number of aliphatic hydroxyl groups is 1. The summed E-state index contributed by atoms with van der Waals surface area (Å²) in [6.45, 7) is 28.0. The van der Waals surface area contributed by atoms with Gasteiger partial charge in [-0.25, -0.2) is 0 Å². The molecular weight excluding hydrogens is 797 g/mol. The van der Waals surface area contributed by atoms with Gasteiger partial charge in [0.05, 0.1) is 35.8 Å². The van der Waals surface area contributed by atoms with E-state index in [1.165, 1.54) is 0 Å². The van der Waals surface area contributed by atoms with Gasteiger partial charge in [-0.2, -0.15) is 0 Å². The Morgan fingerprint density at radius 1 is 0.825 bits per heavy atom. The summed E-state index contributed by atoms with van der Waals surface area (Å²) in [6, 6.07) is -1.54. The first-order valence-corrected chi connectivity index (χ1v) is 24.8. The predicted octanol–water partition coefficient (Wildman–Crippen LogP) is 9.88. The first kappa shape index (κ1) is 51.0. The van der Waals surface area contributed by atoms with Gasteiger partial charge in [0.15, 0.2) is 0 Å².